The lowest BCUT2D eigenvalue weighted by molar-refractivity contribution is -0.143. The van der Waals surface area contributed by atoms with Crippen molar-refractivity contribution >= 4 is 5.78 Å². The van der Waals surface area contributed by atoms with E-state index >= 15 is 0 Å². The van der Waals surface area contributed by atoms with Gasteiger partial charge in [-0.15, -0.1) is 0 Å². The molecule has 19 heavy (non-hydrogen) atoms. The molecule has 0 spiro atoms. The molecule has 0 aliphatic rings. The van der Waals surface area contributed by atoms with Gasteiger partial charge in [-0.2, -0.15) is 26.3 Å². The van der Waals surface area contributed by atoms with E-state index in [-0.39, 0.29) is 6.07 Å². The highest BCUT2D eigenvalue weighted by Crippen LogP contribution is 2.37. The Kier molecular flexibility index (Phi) is 4.07. The van der Waals surface area contributed by atoms with E-state index in [1.807, 2.05) is 0 Å². The first-order valence-electron chi connectivity index (χ1n) is 5.03. The van der Waals surface area contributed by atoms with Crippen molar-refractivity contribution in [3.05, 3.63) is 47.0 Å². The Labute approximate surface area is 104 Å². The van der Waals surface area contributed by atoms with Crippen molar-refractivity contribution in [3.8, 4) is 0 Å². The van der Waals surface area contributed by atoms with Crippen molar-refractivity contribution in [1.29, 1.82) is 0 Å². The number of alkyl halides is 6. The second-order valence-corrected chi connectivity index (χ2v) is 3.62. The van der Waals surface area contributed by atoms with Crippen LogP contribution in [0.3, 0.4) is 0 Å². The Balaban J connectivity index is 3.46. The molecule has 0 heterocycles. The molecule has 0 fully saturated rings. The molecule has 0 amide bonds. The number of hydrogen-bond donors (Lipinski definition) is 0. The zero-order valence-corrected chi connectivity index (χ0v) is 9.56. The van der Waals surface area contributed by atoms with Gasteiger partial charge in [-0.3, -0.25) is 4.79 Å². The number of halogens is 6. The quantitative estimate of drug-likeness (QED) is 0.444. The number of carbonyl (C=O) groups is 1. The number of rotatable bonds is 2. The number of hydrogen-bond acceptors (Lipinski definition) is 1. The van der Waals surface area contributed by atoms with Crippen LogP contribution in [0.5, 0.6) is 0 Å². The molecular weight excluding hydrogens is 274 g/mol. The molecule has 1 aromatic rings. The summed E-state index contributed by atoms with van der Waals surface area (Å²) in [6.07, 6.45) is -7.87. The van der Waals surface area contributed by atoms with Gasteiger partial charge in [-0.25, -0.2) is 0 Å². The first-order chi connectivity index (χ1) is 8.57. The van der Waals surface area contributed by atoms with Crippen LogP contribution in [0.4, 0.5) is 26.3 Å². The van der Waals surface area contributed by atoms with Crippen molar-refractivity contribution in [2.24, 2.45) is 0 Å². The summed E-state index contributed by atoms with van der Waals surface area (Å²) < 4.78 is 75.1. The maximum absolute atomic E-state index is 12.7. The molecule has 1 nitrogen and oxygen atoms in total. The highest BCUT2D eigenvalue weighted by atomic mass is 19.4. The Morgan fingerprint density at radius 3 is 2.05 bits per heavy atom. The predicted molar refractivity (Wildman–Crippen MR) is 55.6 cm³/mol. The summed E-state index contributed by atoms with van der Waals surface area (Å²) in [6, 6.07) is 0.927. The van der Waals surface area contributed by atoms with Crippen LogP contribution in [-0.4, -0.2) is 5.78 Å². The van der Waals surface area contributed by atoms with Crippen molar-refractivity contribution in [2.75, 3.05) is 0 Å². The molecule has 104 valence electrons. The molecule has 0 aromatic heterocycles. The predicted octanol–water partition coefficient (Wildman–Crippen LogP) is 4.48. The number of ketones is 1. The van der Waals surface area contributed by atoms with Gasteiger partial charge in [0.25, 0.3) is 0 Å². The summed E-state index contributed by atoms with van der Waals surface area (Å²) in [5.41, 5.74) is -3.85. The van der Waals surface area contributed by atoms with Crippen molar-refractivity contribution in [3.63, 3.8) is 0 Å². The van der Waals surface area contributed by atoms with E-state index < -0.39 is 34.8 Å². The van der Waals surface area contributed by atoms with Crippen molar-refractivity contribution in [1.82, 2.24) is 0 Å². The first-order valence-corrected chi connectivity index (χ1v) is 5.03. The van der Waals surface area contributed by atoms with E-state index in [2.05, 4.69) is 0 Å². The number of carbonyl (C=O) groups excluding carboxylic acids is 1. The third kappa shape index (κ3) is 3.59. The topological polar surface area (TPSA) is 17.1 Å². The highest BCUT2D eigenvalue weighted by Gasteiger charge is 2.38. The fourth-order valence-corrected chi connectivity index (χ4v) is 1.41. The maximum Gasteiger partial charge on any atom is 0.417 e. The largest absolute Gasteiger partial charge is 0.417 e. The molecule has 7 heteroatoms. The van der Waals surface area contributed by atoms with Crippen LogP contribution in [0.15, 0.2) is 30.4 Å². The molecule has 1 aromatic carbocycles. The average Bonchev–Trinajstić information content (AvgIpc) is 2.26. The monoisotopic (exact) mass is 282 g/mol. The van der Waals surface area contributed by atoms with Crippen LogP contribution in [0.25, 0.3) is 0 Å². The summed E-state index contributed by atoms with van der Waals surface area (Å²) in [5, 5.41) is 0. The van der Waals surface area contributed by atoms with Gasteiger partial charge < -0.3 is 0 Å². The summed E-state index contributed by atoms with van der Waals surface area (Å²) in [7, 11) is 0. The van der Waals surface area contributed by atoms with Crippen LogP contribution in [0.1, 0.15) is 28.4 Å². The lowest BCUT2D eigenvalue weighted by Gasteiger charge is -2.14. The molecule has 0 saturated heterocycles. The lowest BCUT2D eigenvalue weighted by atomic mass is 9.99. The van der Waals surface area contributed by atoms with E-state index in [1.54, 1.807) is 0 Å². The van der Waals surface area contributed by atoms with Gasteiger partial charge in [0.15, 0.2) is 5.78 Å². The summed E-state index contributed by atoms with van der Waals surface area (Å²) in [6.45, 7) is 1.41. The average molecular weight is 282 g/mol. The fraction of sp³-hybridized carbons (Fsp3) is 0.250. The Bertz CT molecular complexity index is 510. The first kappa shape index (κ1) is 15.3. The molecule has 0 N–H and O–H groups in total. The molecule has 0 aliphatic heterocycles. The SMILES string of the molecule is CC=CC(=O)c1ccc(C(F)(F)F)cc1C(F)(F)F. The van der Waals surface area contributed by atoms with Crippen molar-refractivity contribution < 1.29 is 31.1 Å². The van der Waals surface area contributed by atoms with Gasteiger partial charge in [-0.1, -0.05) is 6.08 Å². The Hall–Kier alpha value is -1.79. The van der Waals surface area contributed by atoms with Crippen LogP contribution >= 0.6 is 0 Å². The molecule has 0 bridgehead atoms. The summed E-state index contributed by atoms with van der Waals surface area (Å²) in [4.78, 5) is 11.4. The maximum atomic E-state index is 12.7. The van der Waals surface area contributed by atoms with Gasteiger partial charge in [-0.05, 0) is 31.2 Å². The second kappa shape index (κ2) is 5.07. The van der Waals surface area contributed by atoms with Crippen LogP contribution < -0.4 is 0 Å². The summed E-state index contributed by atoms with van der Waals surface area (Å²) in [5.74, 6) is -0.997. The highest BCUT2D eigenvalue weighted by molar-refractivity contribution is 6.05. The minimum atomic E-state index is -5.03. The Morgan fingerprint density at radius 1 is 1.05 bits per heavy atom. The standard InChI is InChI=1S/C12H8F6O/c1-2-3-10(19)8-5-4-7(11(13,14)15)6-9(8)12(16,17)18/h2-6H,1H3. The van der Waals surface area contributed by atoms with E-state index in [9.17, 15) is 31.1 Å². The van der Waals surface area contributed by atoms with Gasteiger partial charge in [0.1, 0.15) is 0 Å². The van der Waals surface area contributed by atoms with Crippen LogP contribution in [0, 0.1) is 0 Å². The summed E-state index contributed by atoms with van der Waals surface area (Å²) >= 11 is 0. The molecule has 0 unspecified atom stereocenters. The smallest absolute Gasteiger partial charge is 0.289 e. The van der Waals surface area contributed by atoms with Crippen molar-refractivity contribution in [2.45, 2.75) is 19.3 Å². The molecule has 0 saturated carbocycles. The molecule has 0 atom stereocenters. The van der Waals surface area contributed by atoms with E-state index in [0.29, 0.717) is 12.1 Å². The van der Waals surface area contributed by atoms with Gasteiger partial charge >= 0.3 is 12.4 Å². The minimum absolute atomic E-state index is 0.0588. The van der Waals surface area contributed by atoms with E-state index in [1.165, 1.54) is 13.0 Å². The minimum Gasteiger partial charge on any atom is -0.289 e. The third-order valence-corrected chi connectivity index (χ3v) is 2.24. The van der Waals surface area contributed by atoms with Gasteiger partial charge in [0.2, 0.25) is 0 Å². The third-order valence-electron chi connectivity index (χ3n) is 2.24. The molecule has 0 radical (unpaired) electrons. The van der Waals surface area contributed by atoms with E-state index in [4.69, 9.17) is 0 Å². The fourth-order valence-electron chi connectivity index (χ4n) is 1.41. The lowest BCUT2D eigenvalue weighted by Crippen LogP contribution is -2.15. The normalized spacial score (nSPS) is 13.0. The molecular formula is C12H8F6O. The molecule has 1 rings (SSSR count). The zero-order chi connectivity index (χ0) is 14.8. The number of allylic oxidation sites excluding steroid dienone is 2. The van der Waals surface area contributed by atoms with Gasteiger partial charge in [0.05, 0.1) is 11.1 Å². The number of benzene rings is 1. The van der Waals surface area contributed by atoms with Crippen LogP contribution in [0.2, 0.25) is 0 Å². The van der Waals surface area contributed by atoms with E-state index in [0.717, 1.165) is 6.08 Å². The second-order valence-electron chi connectivity index (χ2n) is 3.62. The zero-order valence-electron chi connectivity index (χ0n) is 9.56. The van der Waals surface area contributed by atoms with Crippen LogP contribution in [-0.2, 0) is 12.4 Å². The molecule has 0 aliphatic carbocycles. The Morgan fingerprint density at radius 2 is 1.63 bits per heavy atom. The van der Waals surface area contributed by atoms with Gasteiger partial charge in [0, 0.05) is 5.56 Å².